The largest absolute Gasteiger partial charge is 0.484 e. The van der Waals surface area contributed by atoms with Gasteiger partial charge in [0.2, 0.25) is 5.91 Å². The van der Waals surface area contributed by atoms with Gasteiger partial charge >= 0.3 is 0 Å². The zero-order valence-electron chi connectivity index (χ0n) is 13.8. The molecule has 2 amide bonds. The minimum absolute atomic E-state index is 0.00807. The molecule has 2 N–H and O–H groups in total. The van der Waals surface area contributed by atoms with Gasteiger partial charge in [-0.05, 0) is 56.1 Å². The zero-order valence-corrected chi connectivity index (χ0v) is 13.8. The van der Waals surface area contributed by atoms with Gasteiger partial charge in [-0.3, -0.25) is 9.59 Å². The van der Waals surface area contributed by atoms with Gasteiger partial charge in [-0.1, -0.05) is 0 Å². The monoisotopic (exact) mass is 319 g/mol. The van der Waals surface area contributed by atoms with Crippen molar-refractivity contribution >= 4 is 17.5 Å². The van der Waals surface area contributed by atoms with Crippen molar-refractivity contribution in [1.29, 1.82) is 0 Å². The lowest BCUT2D eigenvalue weighted by Gasteiger charge is -2.12. The molecular formula is C17H25N3O3. The van der Waals surface area contributed by atoms with Gasteiger partial charge in [-0.15, -0.1) is 0 Å². The van der Waals surface area contributed by atoms with E-state index in [2.05, 4.69) is 10.6 Å². The van der Waals surface area contributed by atoms with Crippen LogP contribution in [0, 0.1) is 5.92 Å². The van der Waals surface area contributed by atoms with Crippen molar-refractivity contribution in [2.45, 2.75) is 19.3 Å². The van der Waals surface area contributed by atoms with Gasteiger partial charge in [0, 0.05) is 26.2 Å². The molecule has 2 rings (SSSR count). The van der Waals surface area contributed by atoms with Crippen molar-refractivity contribution in [3.05, 3.63) is 24.3 Å². The van der Waals surface area contributed by atoms with Crippen LogP contribution in [0.5, 0.6) is 5.75 Å². The number of hydrogen-bond donors (Lipinski definition) is 2. The number of amides is 2. The first kappa shape index (κ1) is 17.3. The number of anilines is 1. The maximum Gasteiger partial charge on any atom is 0.259 e. The number of benzene rings is 1. The summed E-state index contributed by atoms with van der Waals surface area (Å²) >= 11 is 0. The van der Waals surface area contributed by atoms with Gasteiger partial charge in [-0.2, -0.15) is 0 Å². The van der Waals surface area contributed by atoms with Crippen molar-refractivity contribution in [1.82, 2.24) is 10.2 Å². The quantitative estimate of drug-likeness (QED) is 0.799. The molecule has 1 aliphatic rings. The van der Waals surface area contributed by atoms with E-state index in [1.54, 1.807) is 38.4 Å². The third-order valence-corrected chi connectivity index (χ3v) is 3.94. The van der Waals surface area contributed by atoms with E-state index in [4.69, 9.17) is 4.74 Å². The molecule has 1 fully saturated rings. The Morgan fingerprint density at radius 2 is 2.04 bits per heavy atom. The molecule has 1 aromatic carbocycles. The highest BCUT2D eigenvalue weighted by molar-refractivity contribution is 5.90. The molecule has 0 saturated carbocycles. The van der Waals surface area contributed by atoms with Gasteiger partial charge in [0.05, 0.1) is 0 Å². The Kier molecular flexibility index (Phi) is 6.40. The van der Waals surface area contributed by atoms with Crippen LogP contribution in [0.1, 0.15) is 19.3 Å². The molecule has 6 heteroatoms. The molecular weight excluding hydrogens is 294 g/mol. The number of nitrogens with one attached hydrogen (secondary N) is 2. The molecule has 23 heavy (non-hydrogen) atoms. The van der Waals surface area contributed by atoms with Crippen LogP contribution < -0.4 is 15.4 Å². The summed E-state index contributed by atoms with van der Waals surface area (Å²) in [5.74, 6) is 1.16. The number of hydrogen-bond acceptors (Lipinski definition) is 4. The first-order valence-corrected chi connectivity index (χ1v) is 7.98. The van der Waals surface area contributed by atoms with E-state index in [1.807, 2.05) is 0 Å². The second kappa shape index (κ2) is 8.53. The van der Waals surface area contributed by atoms with Gasteiger partial charge in [0.15, 0.2) is 6.61 Å². The van der Waals surface area contributed by atoms with Gasteiger partial charge < -0.3 is 20.3 Å². The number of carbonyl (C=O) groups is 2. The third-order valence-electron chi connectivity index (χ3n) is 3.94. The Morgan fingerprint density at radius 3 is 2.65 bits per heavy atom. The second-order valence-electron chi connectivity index (χ2n) is 6.05. The lowest BCUT2D eigenvalue weighted by Crippen LogP contribution is -2.27. The Hall–Kier alpha value is -2.08. The Labute approximate surface area is 137 Å². The normalized spacial score (nSPS) is 16.9. The number of nitrogens with zero attached hydrogens (tertiary/aromatic N) is 1. The van der Waals surface area contributed by atoms with Crippen LogP contribution in [-0.2, 0) is 9.59 Å². The number of ether oxygens (including phenoxy) is 1. The van der Waals surface area contributed by atoms with Gasteiger partial charge in [0.25, 0.3) is 5.91 Å². The van der Waals surface area contributed by atoms with E-state index >= 15 is 0 Å². The van der Waals surface area contributed by atoms with E-state index in [0.717, 1.165) is 31.6 Å². The third kappa shape index (κ3) is 5.90. The van der Waals surface area contributed by atoms with Crippen molar-refractivity contribution in [3.8, 4) is 5.75 Å². The molecule has 1 aliphatic heterocycles. The fourth-order valence-corrected chi connectivity index (χ4v) is 2.43. The average Bonchev–Trinajstić information content (AvgIpc) is 3.05. The van der Waals surface area contributed by atoms with E-state index in [-0.39, 0.29) is 18.4 Å². The maximum absolute atomic E-state index is 11.9. The predicted octanol–water partition coefficient (Wildman–Crippen LogP) is 1.48. The fourth-order valence-electron chi connectivity index (χ4n) is 2.43. The summed E-state index contributed by atoms with van der Waals surface area (Å²) < 4.78 is 5.39. The molecule has 6 nitrogen and oxygen atoms in total. The van der Waals surface area contributed by atoms with E-state index in [9.17, 15) is 9.59 Å². The van der Waals surface area contributed by atoms with Gasteiger partial charge in [-0.25, -0.2) is 0 Å². The molecule has 0 bridgehead atoms. The number of rotatable bonds is 7. The molecule has 1 atom stereocenters. The van der Waals surface area contributed by atoms with Crippen molar-refractivity contribution in [2.75, 3.05) is 39.1 Å². The number of carbonyl (C=O) groups excluding carboxylic acids is 2. The van der Waals surface area contributed by atoms with E-state index < -0.39 is 0 Å². The summed E-state index contributed by atoms with van der Waals surface area (Å²) in [6.45, 7) is 2.09. The SMILES string of the molecule is CN(C)C(=O)COc1ccc(NC(=O)CCC2CCNC2)cc1. The Balaban J connectivity index is 1.73. The zero-order chi connectivity index (χ0) is 16.7. The molecule has 1 saturated heterocycles. The fraction of sp³-hybridized carbons (Fsp3) is 0.529. The highest BCUT2D eigenvalue weighted by Gasteiger charge is 2.15. The molecule has 0 aromatic heterocycles. The molecule has 126 valence electrons. The van der Waals surface area contributed by atoms with Crippen LogP contribution in [0.25, 0.3) is 0 Å². The maximum atomic E-state index is 11.9. The smallest absolute Gasteiger partial charge is 0.259 e. The van der Waals surface area contributed by atoms with Crippen molar-refractivity contribution in [2.24, 2.45) is 5.92 Å². The summed E-state index contributed by atoms with van der Waals surface area (Å²) in [4.78, 5) is 24.9. The summed E-state index contributed by atoms with van der Waals surface area (Å²) in [6, 6.07) is 7.06. The lowest BCUT2D eigenvalue weighted by atomic mass is 10.0. The summed E-state index contributed by atoms with van der Waals surface area (Å²) in [5.41, 5.74) is 0.742. The standard InChI is InChI=1S/C17H25N3O3/c1-20(2)17(22)12-23-15-6-4-14(5-7-15)19-16(21)8-3-13-9-10-18-11-13/h4-7,13,18H,3,8-12H2,1-2H3,(H,19,21). The highest BCUT2D eigenvalue weighted by atomic mass is 16.5. The molecule has 0 aliphatic carbocycles. The Morgan fingerprint density at radius 1 is 1.30 bits per heavy atom. The molecule has 1 unspecified atom stereocenters. The summed E-state index contributed by atoms with van der Waals surface area (Å²) in [5, 5.41) is 6.19. The summed E-state index contributed by atoms with van der Waals surface area (Å²) in [6.07, 6.45) is 2.62. The van der Waals surface area contributed by atoms with Crippen LogP contribution in [0.3, 0.4) is 0 Å². The molecule has 1 heterocycles. The summed E-state index contributed by atoms with van der Waals surface area (Å²) in [7, 11) is 3.37. The number of likely N-dealkylation sites (N-methyl/N-ethyl adjacent to an activating group) is 1. The topological polar surface area (TPSA) is 70.7 Å². The Bertz CT molecular complexity index is 522. The highest BCUT2D eigenvalue weighted by Crippen LogP contribution is 2.18. The van der Waals surface area contributed by atoms with Crippen LogP contribution in [0.4, 0.5) is 5.69 Å². The van der Waals surface area contributed by atoms with Crippen LogP contribution >= 0.6 is 0 Å². The van der Waals surface area contributed by atoms with Crippen LogP contribution in [0.15, 0.2) is 24.3 Å². The average molecular weight is 319 g/mol. The first-order chi connectivity index (χ1) is 11.0. The van der Waals surface area contributed by atoms with Crippen LogP contribution in [0.2, 0.25) is 0 Å². The lowest BCUT2D eigenvalue weighted by molar-refractivity contribution is -0.130. The molecule has 0 radical (unpaired) electrons. The van der Waals surface area contributed by atoms with E-state index in [0.29, 0.717) is 18.1 Å². The minimum atomic E-state index is -0.0937. The van der Waals surface area contributed by atoms with E-state index in [1.165, 1.54) is 4.90 Å². The van der Waals surface area contributed by atoms with Gasteiger partial charge in [0.1, 0.15) is 5.75 Å². The van der Waals surface area contributed by atoms with Crippen LogP contribution in [-0.4, -0.2) is 50.5 Å². The molecule has 1 aromatic rings. The molecule has 0 spiro atoms. The van der Waals surface area contributed by atoms with Crippen molar-refractivity contribution < 1.29 is 14.3 Å². The van der Waals surface area contributed by atoms with Crippen molar-refractivity contribution in [3.63, 3.8) is 0 Å². The minimum Gasteiger partial charge on any atom is -0.484 e. The predicted molar refractivity (Wildman–Crippen MR) is 89.5 cm³/mol. The first-order valence-electron chi connectivity index (χ1n) is 7.98. The second-order valence-corrected chi connectivity index (χ2v) is 6.05.